The highest BCUT2D eigenvalue weighted by molar-refractivity contribution is 5.88. The van der Waals surface area contributed by atoms with Gasteiger partial charge in [0, 0.05) is 44.7 Å². The molecule has 7 nitrogen and oxygen atoms in total. The molecule has 2 aliphatic rings. The number of fused-ring (bicyclic) bond motifs is 2. The average Bonchev–Trinajstić information content (AvgIpc) is 3.03. The molecule has 1 aromatic carbocycles. The predicted molar refractivity (Wildman–Crippen MR) is 100.0 cm³/mol. The van der Waals surface area contributed by atoms with E-state index >= 15 is 0 Å². The molecular weight excluding hydrogens is 330 g/mol. The van der Waals surface area contributed by atoms with E-state index in [-0.39, 0.29) is 12.0 Å². The minimum absolute atomic E-state index is 0.0141. The number of morpholine rings is 1. The molecule has 2 saturated heterocycles. The molecule has 3 unspecified atom stereocenters. The quantitative estimate of drug-likeness (QED) is 0.893. The maximum atomic E-state index is 11.9. The van der Waals surface area contributed by atoms with Crippen LogP contribution in [0, 0.1) is 0 Å². The van der Waals surface area contributed by atoms with Gasteiger partial charge >= 0.3 is 0 Å². The molecule has 2 aromatic rings. The second-order valence-electron chi connectivity index (χ2n) is 7.37. The molecule has 0 spiro atoms. The van der Waals surface area contributed by atoms with E-state index in [2.05, 4.69) is 20.2 Å². The van der Waals surface area contributed by atoms with Crippen molar-refractivity contribution >= 4 is 22.6 Å². The summed E-state index contributed by atoms with van der Waals surface area (Å²) < 4.78 is 5.94. The van der Waals surface area contributed by atoms with E-state index in [1.807, 2.05) is 24.3 Å². The number of hydrogen-bond acceptors (Lipinski definition) is 6. The van der Waals surface area contributed by atoms with Gasteiger partial charge in [-0.1, -0.05) is 12.1 Å². The third kappa shape index (κ3) is 3.50. The zero-order valence-electron chi connectivity index (χ0n) is 15.3. The normalized spacial score (nSPS) is 25.8. The van der Waals surface area contributed by atoms with Crippen molar-refractivity contribution in [3.8, 4) is 0 Å². The molecule has 1 amide bonds. The lowest BCUT2D eigenvalue weighted by Gasteiger charge is -2.35. The zero-order valence-corrected chi connectivity index (χ0v) is 15.3. The van der Waals surface area contributed by atoms with Crippen LogP contribution < -0.4 is 5.32 Å². The van der Waals surface area contributed by atoms with E-state index in [4.69, 9.17) is 4.74 Å². The molecule has 3 heterocycles. The summed E-state index contributed by atoms with van der Waals surface area (Å²) in [5, 5.41) is 4.64. The Hall–Kier alpha value is -2.25. The van der Waals surface area contributed by atoms with E-state index < -0.39 is 0 Å². The van der Waals surface area contributed by atoms with E-state index in [1.165, 1.54) is 0 Å². The molecule has 1 aromatic heterocycles. The van der Waals surface area contributed by atoms with Crippen molar-refractivity contribution in [3.63, 3.8) is 0 Å². The number of para-hydroxylation sites is 1. The van der Waals surface area contributed by atoms with Gasteiger partial charge in [-0.25, -0.2) is 9.97 Å². The summed E-state index contributed by atoms with van der Waals surface area (Å²) in [6.07, 6.45) is 3.07. The highest BCUT2D eigenvalue weighted by Gasteiger charge is 2.38. The molecule has 0 bridgehead atoms. The molecule has 1 N–H and O–H groups in total. The van der Waals surface area contributed by atoms with Gasteiger partial charge in [-0.2, -0.15) is 0 Å². The van der Waals surface area contributed by atoms with Crippen LogP contribution >= 0.6 is 0 Å². The van der Waals surface area contributed by atoms with Crippen molar-refractivity contribution in [2.24, 2.45) is 0 Å². The number of aromatic nitrogens is 2. The van der Waals surface area contributed by atoms with Crippen LogP contribution in [0.4, 0.5) is 5.82 Å². The number of rotatable bonds is 4. The second-order valence-corrected chi connectivity index (χ2v) is 7.37. The first kappa shape index (κ1) is 17.2. The van der Waals surface area contributed by atoms with Crippen LogP contribution in [0.25, 0.3) is 10.9 Å². The van der Waals surface area contributed by atoms with Crippen LogP contribution in [0.2, 0.25) is 0 Å². The standard InChI is InChI=1S/C19H25N5O2/c1-23(2)18(25)8-15-10-24-9-13(7-14(24)11-26-15)22-19-16-5-3-4-6-17(16)20-12-21-19/h3-6,12-15H,7-11H2,1-2H3,(H,20,21,22). The van der Waals surface area contributed by atoms with Crippen molar-refractivity contribution in [2.45, 2.75) is 31.0 Å². The number of anilines is 1. The Morgan fingerprint density at radius 1 is 1.31 bits per heavy atom. The third-order valence-electron chi connectivity index (χ3n) is 5.28. The minimum Gasteiger partial charge on any atom is -0.375 e. The molecule has 2 fully saturated rings. The van der Waals surface area contributed by atoms with Gasteiger partial charge in [0.05, 0.1) is 24.6 Å². The molecular formula is C19H25N5O2. The summed E-state index contributed by atoms with van der Waals surface area (Å²) >= 11 is 0. The van der Waals surface area contributed by atoms with Crippen molar-refractivity contribution < 1.29 is 9.53 Å². The van der Waals surface area contributed by atoms with Gasteiger partial charge in [0.1, 0.15) is 12.1 Å². The van der Waals surface area contributed by atoms with Crippen molar-refractivity contribution in [1.82, 2.24) is 19.8 Å². The summed E-state index contributed by atoms with van der Waals surface area (Å²) in [6, 6.07) is 8.78. The van der Waals surface area contributed by atoms with Gasteiger partial charge in [0.2, 0.25) is 5.91 Å². The Balaban J connectivity index is 1.40. The lowest BCUT2D eigenvalue weighted by atomic mass is 10.1. The van der Waals surface area contributed by atoms with Gasteiger partial charge in [-0.05, 0) is 18.6 Å². The number of nitrogens with one attached hydrogen (secondary N) is 1. The fourth-order valence-corrected chi connectivity index (χ4v) is 3.86. The zero-order chi connectivity index (χ0) is 18.1. The SMILES string of the molecule is CN(C)C(=O)CC1CN2CC(Nc3ncnc4ccccc34)CC2CO1. The Bertz CT molecular complexity index is 791. The molecule has 0 aliphatic carbocycles. The molecule has 3 atom stereocenters. The fraction of sp³-hybridized carbons (Fsp3) is 0.526. The molecule has 4 rings (SSSR count). The molecule has 7 heteroatoms. The van der Waals surface area contributed by atoms with Crippen molar-refractivity contribution in [3.05, 3.63) is 30.6 Å². The Kier molecular flexibility index (Phi) is 4.74. The summed E-state index contributed by atoms with van der Waals surface area (Å²) in [5.74, 6) is 1.01. The highest BCUT2D eigenvalue weighted by Crippen LogP contribution is 2.28. The molecule has 138 valence electrons. The maximum absolute atomic E-state index is 11.9. The smallest absolute Gasteiger partial charge is 0.224 e. The van der Waals surface area contributed by atoms with Crippen LogP contribution in [0.3, 0.4) is 0 Å². The van der Waals surface area contributed by atoms with Gasteiger partial charge in [0.25, 0.3) is 0 Å². The first-order chi connectivity index (χ1) is 12.6. The van der Waals surface area contributed by atoms with Gasteiger partial charge < -0.3 is 15.0 Å². The number of ether oxygens (including phenoxy) is 1. The topological polar surface area (TPSA) is 70.6 Å². The summed E-state index contributed by atoms with van der Waals surface area (Å²) in [6.45, 7) is 2.44. The minimum atomic E-state index is -0.0141. The van der Waals surface area contributed by atoms with Crippen LogP contribution in [0.15, 0.2) is 30.6 Å². The fourth-order valence-electron chi connectivity index (χ4n) is 3.86. The number of carbonyl (C=O) groups excluding carboxylic acids is 1. The largest absolute Gasteiger partial charge is 0.375 e. The van der Waals surface area contributed by atoms with E-state index in [9.17, 15) is 4.79 Å². The Morgan fingerprint density at radius 2 is 2.15 bits per heavy atom. The lowest BCUT2D eigenvalue weighted by molar-refractivity contribution is -0.134. The van der Waals surface area contributed by atoms with Crippen LogP contribution in [0.1, 0.15) is 12.8 Å². The number of nitrogens with zero attached hydrogens (tertiary/aromatic N) is 4. The number of benzene rings is 1. The first-order valence-corrected chi connectivity index (χ1v) is 9.12. The molecule has 26 heavy (non-hydrogen) atoms. The van der Waals surface area contributed by atoms with Gasteiger partial charge in [0.15, 0.2) is 0 Å². The van der Waals surface area contributed by atoms with E-state index in [0.717, 1.165) is 36.2 Å². The average molecular weight is 355 g/mol. The molecule has 2 aliphatic heterocycles. The number of amides is 1. The molecule has 0 saturated carbocycles. The number of carbonyl (C=O) groups is 1. The summed E-state index contributed by atoms with van der Waals surface area (Å²) in [7, 11) is 3.58. The Labute approximate surface area is 153 Å². The van der Waals surface area contributed by atoms with E-state index in [1.54, 1.807) is 25.3 Å². The van der Waals surface area contributed by atoms with Crippen LogP contribution in [-0.2, 0) is 9.53 Å². The molecule has 0 radical (unpaired) electrons. The Morgan fingerprint density at radius 3 is 3.00 bits per heavy atom. The maximum Gasteiger partial charge on any atom is 0.224 e. The van der Waals surface area contributed by atoms with Gasteiger partial charge in [-0.15, -0.1) is 0 Å². The first-order valence-electron chi connectivity index (χ1n) is 9.12. The monoisotopic (exact) mass is 355 g/mol. The van der Waals surface area contributed by atoms with Crippen LogP contribution in [-0.4, -0.2) is 77.7 Å². The second kappa shape index (κ2) is 7.17. The van der Waals surface area contributed by atoms with E-state index in [0.29, 0.717) is 25.1 Å². The third-order valence-corrected chi connectivity index (χ3v) is 5.28. The summed E-state index contributed by atoms with van der Waals surface area (Å²) in [4.78, 5) is 24.8. The number of hydrogen-bond donors (Lipinski definition) is 1. The summed E-state index contributed by atoms with van der Waals surface area (Å²) in [5.41, 5.74) is 0.950. The van der Waals surface area contributed by atoms with Gasteiger partial charge in [-0.3, -0.25) is 9.69 Å². The predicted octanol–water partition coefficient (Wildman–Crippen LogP) is 1.36. The van der Waals surface area contributed by atoms with Crippen molar-refractivity contribution in [1.29, 1.82) is 0 Å². The highest BCUT2D eigenvalue weighted by atomic mass is 16.5. The van der Waals surface area contributed by atoms with Crippen LogP contribution in [0.5, 0.6) is 0 Å². The lowest BCUT2D eigenvalue weighted by Crippen LogP contribution is -2.47. The van der Waals surface area contributed by atoms with Crippen molar-refractivity contribution in [2.75, 3.05) is 39.1 Å².